The minimum absolute atomic E-state index is 0.639. The van der Waals surface area contributed by atoms with Crippen molar-refractivity contribution in [3.63, 3.8) is 0 Å². The van der Waals surface area contributed by atoms with E-state index in [-0.39, 0.29) is 0 Å². The third-order valence-electron chi connectivity index (χ3n) is 5.81. The van der Waals surface area contributed by atoms with E-state index in [9.17, 15) is 0 Å². The molecule has 3 heterocycles. The molecule has 0 atom stereocenters. The number of benzene rings is 1. The van der Waals surface area contributed by atoms with E-state index in [1.54, 1.807) is 0 Å². The van der Waals surface area contributed by atoms with Crippen molar-refractivity contribution in [3.8, 4) is 11.5 Å². The van der Waals surface area contributed by atoms with Gasteiger partial charge in [-0.15, -0.1) is 0 Å². The largest absolute Gasteiger partial charge is 0.378 e. The topological polar surface area (TPSA) is 70.2 Å². The molecule has 1 saturated heterocycles. The van der Waals surface area contributed by atoms with Crippen LogP contribution >= 0.6 is 0 Å². The fourth-order valence-corrected chi connectivity index (χ4v) is 3.78. The Hall–Kier alpha value is -2.93. The second-order valence-corrected chi connectivity index (χ2v) is 8.13. The normalized spacial score (nSPS) is 16.6. The predicted molar refractivity (Wildman–Crippen MR) is 118 cm³/mol. The number of ether oxygens (including phenoxy) is 1. The molecule has 7 heteroatoms. The first-order valence-corrected chi connectivity index (χ1v) is 10.8. The highest BCUT2D eigenvalue weighted by Gasteiger charge is 2.26. The molecule has 0 unspecified atom stereocenters. The Balaban J connectivity index is 1.42. The van der Waals surface area contributed by atoms with Crippen molar-refractivity contribution in [2.45, 2.75) is 25.2 Å². The molecule has 0 amide bonds. The number of aromatic nitrogens is 4. The number of anilines is 2. The van der Waals surface area contributed by atoms with Crippen molar-refractivity contribution in [3.05, 3.63) is 53.9 Å². The Morgan fingerprint density at radius 1 is 1.13 bits per heavy atom. The monoisotopic (exact) mass is 404 g/mol. The summed E-state index contributed by atoms with van der Waals surface area (Å²) < 4.78 is 5.52. The van der Waals surface area contributed by atoms with Gasteiger partial charge in [-0.05, 0) is 24.8 Å². The predicted octanol–water partition coefficient (Wildman–Crippen LogP) is 3.26. The first-order chi connectivity index (χ1) is 14.8. The lowest BCUT2D eigenvalue weighted by molar-refractivity contribution is 0.122. The smallest absolute Gasteiger partial charge is 0.227 e. The number of imidazole rings is 1. The van der Waals surface area contributed by atoms with Gasteiger partial charge in [-0.3, -0.25) is 0 Å². The van der Waals surface area contributed by atoms with Crippen LogP contribution in [0.3, 0.4) is 0 Å². The molecule has 1 aromatic carbocycles. The molecule has 2 aliphatic rings. The van der Waals surface area contributed by atoms with Gasteiger partial charge in [0.1, 0.15) is 11.5 Å². The van der Waals surface area contributed by atoms with Crippen molar-refractivity contribution >= 4 is 11.8 Å². The van der Waals surface area contributed by atoms with E-state index in [2.05, 4.69) is 57.1 Å². The highest BCUT2D eigenvalue weighted by molar-refractivity contribution is 5.60. The van der Waals surface area contributed by atoms with Crippen LogP contribution in [0.25, 0.3) is 11.5 Å². The van der Waals surface area contributed by atoms with Gasteiger partial charge in [0.25, 0.3) is 0 Å². The number of nitrogens with zero attached hydrogens (tertiary/aromatic N) is 5. The molecule has 0 radical (unpaired) electrons. The van der Waals surface area contributed by atoms with Crippen molar-refractivity contribution in [2.24, 2.45) is 0 Å². The van der Waals surface area contributed by atoms with Crippen LogP contribution in [0.15, 0.2) is 42.6 Å². The van der Waals surface area contributed by atoms with Crippen LogP contribution in [0.5, 0.6) is 0 Å². The van der Waals surface area contributed by atoms with Gasteiger partial charge in [0, 0.05) is 50.6 Å². The van der Waals surface area contributed by atoms with Crippen molar-refractivity contribution in [2.75, 3.05) is 49.7 Å². The highest BCUT2D eigenvalue weighted by Crippen LogP contribution is 2.39. The summed E-state index contributed by atoms with van der Waals surface area (Å²) in [5.74, 6) is 3.13. The molecule has 30 heavy (non-hydrogen) atoms. The molecule has 3 aromatic rings. The van der Waals surface area contributed by atoms with Crippen molar-refractivity contribution in [1.82, 2.24) is 19.9 Å². The first-order valence-electron chi connectivity index (χ1n) is 10.8. The molecular weight excluding hydrogens is 376 g/mol. The van der Waals surface area contributed by atoms with Gasteiger partial charge in [-0.2, -0.15) is 4.98 Å². The average Bonchev–Trinajstić information content (AvgIpc) is 3.54. The lowest BCUT2D eigenvalue weighted by Crippen LogP contribution is -2.37. The summed E-state index contributed by atoms with van der Waals surface area (Å²) in [5.41, 5.74) is 3.38. The summed E-state index contributed by atoms with van der Waals surface area (Å²) in [6.07, 6.45) is 5.41. The van der Waals surface area contributed by atoms with Crippen LogP contribution in [-0.4, -0.2) is 59.8 Å². The first kappa shape index (κ1) is 19.1. The summed E-state index contributed by atoms with van der Waals surface area (Å²) in [6, 6.07) is 12.6. The summed E-state index contributed by atoms with van der Waals surface area (Å²) in [6.45, 7) is 3.99. The Labute approximate surface area is 177 Å². The molecule has 1 aliphatic carbocycles. The number of nitrogens with one attached hydrogen (secondary N) is 1. The summed E-state index contributed by atoms with van der Waals surface area (Å²) in [7, 11) is 2.06. The summed E-state index contributed by atoms with van der Waals surface area (Å²) in [5, 5.41) is 0. The van der Waals surface area contributed by atoms with Gasteiger partial charge in [0.2, 0.25) is 5.95 Å². The third-order valence-corrected chi connectivity index (χ3v) is 5.81. The number of hydrogen-bond donors (Lipinski definition) is 1. The summed E-state index contributed by atoms with van der Waals surface area (Å²) >= 11 is 0. The quantitative estimate of drug-likeness (QED) is 0.652. The number of rotatable bonds is 7. The number of H-pyrrole nitrogens is 1. The van der Waals surface area contributed by atoms with E-state index < -0.39 is 0 Å². The molecule has 1 N–H and O–H groups in total. The molecule has 0 bridgehead atoms. The number of morpholine rings is 1. The summed E-state index contributed by atoms with van der Waals surface area (Å²) in [4.78, 5) is 22.3. The maximum atomic E-state index is 5.52. The third kappa shape index (κ3) is 4.31. The molecule has 2 aromatic heterocycles. The Morgan fingerprint density at radius 2 is 1.93 bits per heavy atom. The Morgan fingerprint density at radius 3 is 2.70 bits per heavy atom. The molecule has 1 aliphatic heterocycles. The van der Waals surface area contributed by atoms with Crippen LogP contribution in [0.4, 0.5) is 11.8 Å². The van der Waals surface area contributed by atoms with Crippen LogP contribution in [0, 0.1) is 0 Å². The molecule has 0 spiro atoms. The zero-order valence-corrected chi connectivity index (χ0v) is 17.4. The Bertz CT molecular complexity index is 978. The van der Waals surface area contributed by atoms with E-state index in [4.69, 9.17) is 14.7 Å². The number of hydrogen-bond acceptors (Lipinski definition) is 6. The van der Waals surface area contributed by atoms with Gasteiger partial charge < -0.3 is 19.5 Å². The van der Waals surface area contributed by atoms with E-state index in [1.807, 2.05) is 12.3 Å². The van der Waals surface area contributed by atoms with Crippen molar-refractivity contribution in [1.29, 1.82) is 0 Å². The van der Waals surface area contributed by atoms with E-state index in [0.29, 0.717) is 5.92 Å². The maximum absolute atomic E-state index is 5.52. The van der Waals surface area contributed by atoms with Gasteiger partial charge in [-0.25, -0.2) is 9.97 Å². The molecular formula is C23H28N6O. The van der Waals surface area contributed by atoms with Gasteiger partial charge >= 0.3 is 0 Å². The lowest BCUT2D eigenvalue weighted by Gasteiger charge is -2.29. The minimum Gasteiger partial charge on any atom is -0.378 e. The van der Waals surface area contributed by atoms with Gasteiger partial charge in [0.15, 0.2) is 5.82 Å². The van der Waals surface area contributed by atoms with Crippen LogP contribution in [-0.2, 0) is 11.2 Å². The van der Waals surface area contributed by atoms with E-state index in [0.717, 1.165) is 62.6 Å². The zero-order valence-electron chi connectivity index (χ0n) is 17.4. The molecule has 7 nitrogen and oxygen atoms in total. The zero-order chi connectivity index (χ0) is 20.3. The lowest BCUT2D eigenvalue weighted by atomic mass is 10.1. The van der Waals surface area contributed by atoms with Crippen LogP contribution in [0.2, 0.25) is 0 Å². The SMILES string of the molecule is CN(CCc1ccccc1)c1nc(-c2ncc(C3CC3)[nH]2)cc(N2CCOCC2)n1. The van der Waals surface area contributed by atoms with E-state index in [1.165, 1.54) is 24.1 Å². The second-order valence-electron chi connectivity index (χ2n) is 8.13. The van der Waals surface area contributed by atoms with Gasteiger partial charge in [-0.1, -0.05) is 30.3 Å². The average molecular weight is 405 g/mol. The van der Waals surface area contributed by atoms with Crippen LogP contribution < -0.4 is 9.80 Å². The van der Waals surface area contributed by atoms with Gasteiger partial charge in [0.05, 0.1) is 13.2 Å². The van der Waals surface area contributed by atoms with Crippen LogP contribution in [0.1, 0.15) is 30.0 Å². The van der Waals surface area contributed by atoms with E-state index >= 15 is 0 Å². The molecule has 156 valence electrons. The second kappa shape index (κ2) is 8.44. The fraction of sp³-hybridized carbons (Fsp3) is 0.435. The maximum Gasteiger partial charge on any atom is 0.227 e. The number of likely N-dealkylation sites (N-methyl/N-ethyl adjacent to an activating group) is 1. The standard InChI is InChI=1S/C23H28N6O/c1-28(10-9-17-5-3-2-4-6-17)23-26-19(22-24-16-20(25-22)18-7-8-18)15-21(27-23)29-11-13-30-14-12-29/h2-6,15-16,18H,7-14H2,1H3,(H,24,25). The molecule has 1 saturated carbocycles. The number of aromatic amines is 1. The highest BCUT2D eigenvalue weighted by atomic mass is 16.5. The fourth-order valence-electron chi connectivity index (χ4n) is 3.78. The molecule has 5 rings (SSSR count). The Kier molecular flexibility index (Phi) is 5.36. The van der Waals surface area contributed by atoms with Crippen molar-refractivity contribution < 1.29 is 4.74 Å². The molecule has 2 fully saturated rings. The minimum atomic E-state index is 0.639.